The predicted molar refractivity (Wildman–Crippen MR) is 146 cm³/mol. The minimum atomic E-state index is -0.760. The molecule has 0 saturated heterocycles. The van der Waals surface area contributed by atoms with Gasteiger partial charge in [-0.25, -0.2) is 4.90 Å². The van der Waals surface area contributed by atoms with Gasteiger partial charge >= 0.3 is 11.3 Å². The number of nitrogens with one attached hydrogen (secondary N) is 1. The summed E-state index contributed by atoms with van der Waals surface area (Å²) in [6.45, 7) is 0. The lowest BCUT2D eigenvalue weighted by atomic mass is 10.00. The highest BCUT2D eigenvalue weighted by Crippen LogP contribution is 2.41. The number of nitrogens with zero attached hydrogens (tertiary/aromatic N) is 3. The Morgan fingerprint density at radius 3 is 2.50 bits per heavy atom. The van der Waals surface area contributed by atoms with Crippen molar-refractivity contribution in [2.24, 2.45) is 0 Å². The summed E-state index contributed by atoms with van der Waals surface area (Å²) in [6.07, 6.45) is 1.08. The topological polar surface area (TPSA) is 88.4 Å². The maximum absolute atomic E-state index is 14.1. The maximum Gasteiger partial charge on any atom is 0.325 e. The number of thioether (sulfide) groups is 1. The molecule has 10 heteroatoms. The third-order valence-corrected chi connectivity index (χ3v) is 7.32. The molecule has 0 bridgehead atoms. The number of H-pyrrole nitrogens is 1. The van der Waals surface area contributed by atoms with Crippen LogP contribution in [0.4, 0.5) is 5.69 Å². The molecule has 1 atom stereocenters. The van der Waals surface area contributed by atoms with E-state index < -0.39 is 6.17 Å². The van der Waals surface area contributed by atoms with Crippen LogP contribution in [0.15, 0.2) is 76.7 Å². The quantitative estimate of drug-likeness (QED) is 0.206. The maximum atomic E-state index is 14.1. The Kier molecular flexibility index (Phi) is 6.71. The molecular formula is C26H22IN4O4S+. The van der Waals surface area contributed by atoms with Crippen molar-refractivity contribution < 1.29 is 19.0 Å². The van der Waals surface area contributed by atoms with Crippen molar-refractivity contribution in [1.82, 2.24) is 10.1 Å². The number of methoxy groups -OCH3 is 2. The highest BCUT2D eigenvalue weighted by atomic mass is 127. The number of rotatable bonds is 5. The Morgan fingerprint density at radius 1 is 1.08 bits per heavy atom. The number of ether oxygens (including phenoxy) is 2. The van der Waals surface area contributed by atoms with Crippen molar-refractivity contribution in [2.75, 3.05) is 25.4 Å². The number of aromatic amines is 1. The molecule has 0 unspecified atom stereocenters. The number of halogens is 1. The summed E-state index contributed by atoms with van der Waals surface area (Å²) in [4.78, 5) is 32.0. The predicted octanol–water partition coefficient (Wildman–Crippen LogP) is 4.28. The Bertz CT molecular complexity index is 1530. The monoisotopic (exact) mass is 613 g/mol. The third-order valence-electron chi connectivity index (χ3n) is 5.95. The van der Waals surface area contributed by atoms with Crippen molar-refractivity contribution in [1.29, 1.82) is 0 Å². The van der Waals surface area contributed by atoms with Gasteiger partial charge in [0.05, 0.1) is 34.6 Å². The molecule has 0 aliphatic carbocycles. The lowest BCUT2D eigenvalue weighted by Gasteiger charge is -2.32. The number of amides is 1. The second-order valence-electron chi connectivity index (χ2n) is 7.93. The third kappa shape index (κ3) is 4.03. The number of aromatic nitrogens is 3. The molecule has 0 saturated carbocycles. The molecule has 0 radical (unpaired) electrons. The fourth-order valence-electron chi connectivity index (χ4n) is 4.39. The number of carbonyl (C=O) groups is 1. The second kappa shape index (κ2) is 9.94. The van der Waals surface area contributed by atoms with Crippen LogP contribution in [0.25, 0.3) is 11.3 Å². The first-order valence-electron chi connectivity index (χ1n) is 11.0. The average molecular weight is 613 g/mol. The number of benzene rings is 3. The van der Waals surface area contributed by atoms with Crippen molar-refractivity contribution >= 4 is 45.9 Å². The molecule has 1 aliphatic heterocycles. The van der Waals surface area contributed by atoms with Gasteiger partial charge in [-0.2, -0.15) is 0 Å². The van der Waals surface area contributed by atoms with Crippen molar-refractivity contribution in [3.63, 3.8) is 0 Å². The molecule has 8 nitrogen and oxygen atoms in total. The normalized spacial score (nSPS) is 14.1. The SMILES string of the molecule is COc1cc([C@H]2N(C(=O)c3ccccc3)c3ccccc3-c3c(=O)[nH]c(SC)n[n+]32)cc(I)c1OC. The molecule has 1 amide bonds. The van der Waals surface area contributed by atoms with Gasteiger partial charge in [-0.3, -0.25) is 14.6 Å². The molecule has 5 rings (SSSR count). The summed E-state index contributed by atoms with van der Waals surface area (Å²) in [5, 5.41) is 5.20. The molecule has 1 aromatic heterocycles. The zero-order chi connectivity index (χ0) is 25.4. The number of fused-ring (bicyclic) bond motifs is 3. The summed E-state index contributed by atoms with van der Waals surface area (Å²) in [7, 11) is 3.15. The number of para-hydroxylation sites is 1. The molecule has 3 aromatic carbocycles. The Labute approximate surface area is 225 Å². The molecule has 2 heterocycles. The minimum Gasteiger partial charge on any atom is -0.493 e. The van der Waals surface area contributed by atoms with E-state index in [1.807, 2.05) is 60.9 Å². The van der Waals surface area contributed by atoms with Crippen LogP contribution in [0.1, 0.15) is 22.1 Å². The van der Waals surface area contributed by atoms with Crippen LogP contribution < -0.4 is 24.6 Å². The molecule has 1 N–H and O–H groups in total. The molecule has 0 spiro atoms. The first kappa shape index (κ1) is 24.3. The number of hydrogen-bond donors (Lipinski definition) is 1. The summed E-state index contributed by atoms with van der Waals surface area (Å²) < 4.78 is 13.6. The highest BCUT2D eigenvalue weighted by Gasteiger charge is 2.46. The number of anilines is 1. The van der Waals surface area contributed by atoms with Crippen LogP contribution in [0.3, 0.4) is 0 Å². The smallest absolute Gasteiger partial charge is 0.325 e. The van der Waals surface area contributed by atoms with Crippen LogP contribution in [0.5, 0.6) is 11.5 Å². The second-order valence-corrected chi connectivity index (χ2v) is 9.88. The highest BCUT2D eigenvalue weighted by molar-refractivity contribution is 14.1. The molecule has 0 fully saturated rings. The lowest BCUT2D eigenvalue weighted by Crippen LogP contribution is -2.61. The summed E-state index contributed by atoms with van der Waals surface area (Å²) in [5.74, 6) is 0.888. The van der Waals surface area contributed by atoms with E-state index in [2.05, 4.69) is 27.6 Å². The van der Waals surface area contributed by atoms with Gasteiger partial charge in [-0.15, -0.1) is 0 Å². The zero-order valence-electron chi connectivity index (χ0n) is 19.7. The largest absolute Gasteiger partial charge is 0.493 e. The average Bonchev–Trinajstić information content (AvgIpc) is 2.91. The van der Waals surface area contributed by atoms with Gasteiger partial charge in [0.1, 0.15) is 0 Å². The summed E-state index contributed by atoms with van der Waals surface area (Å²) in [5.41, 5.74) is 2.56. The van der Waals surface area contributed by atoms with E-state index in [0.29, 0.717) is 44.7 Å². The van der Waals surface area contributed by atoms with Crippen LogP contribution in [-0.2, 0) is 0 Å². The van der Waals surface area contributed by atoms with E-state index in [-0.39, 0.29) is 11.5 Å². The van der Waals surface area contributed by atoms with E-state index in [0.717, 1.165) is 3.57 Å². The fraction of sp³-hybridized carbons (Fsp3) is 0.154. The molecule has 1 aliphatic rings. The molecule has 4 aromatic rings. The summed E-state index contributed by atoms with van der Waals surface area (Å²) in [6, 6.07) is 20.2. The minimum absolute atomic E-state index is 0.219. The van der Waals surface area contributed by atoms with Gasteiger partial charge in [-0.1, -0.05) is 42.1 Å². The van der Waals surface area contributed by atoms with Gasteiger partial charge in [0.15, 0.2) is 11.5 Å². The molecular weight excluding hydrogens is 591 g/mol. The first-order chi connectivity index (χ1) is 17.5. The van der Waals surface area contributed by atoms with Crippen molar-refractivity contribution in [3.8, 4) is 22.8 Å². The van der Waals surface area contributed by atoms with Crippen LogP contribution in [-0.4, -0.2) is 36.5 Å². The fourth-order valence-corrected chi connectivity index (χ4v) is 5.60. The van der Waals surface area contributed by atoms with Gasteiger partial charge in [0.2, 0.25) is 5.16 Å². The Hall–Kier alpha value is -3.38. The van der Waals surface area contributed by atoms with Gasteiger partial charge in [0.25, 0.3) is 12.1 Å². The van der Waals surface area contributed by atoms with Crippen LogP contribution >= 0.6 is 34.4 Å². The van der Waals surface area contributed by atoms with Crippen LogP contribution in [0, 0.1) is 3.57 Å². The van der Waals surface area contributed by atoms with E-state index in [1.165, 1.54) is 11.8 Å². The number of hydrogen-bond acceptors (Lipinski definition) is 6. The van der Waals surface area contributed by atoms with Crippen molar-refractivity contribution in [2.45, 2.75) is 11.3 Å². The van der Waals surface area contributed by atoms with Gasteiger partial charge < -0.3 is 9.47 Å². The first-order valence-corrected chi connectivity index (χ1v) is 13.3. The molecule has 36 heavy (non-hydrogen) atoms. The Balaban J connectivity index is 1.86. The molecule has 182 valence electrons. The summed E-state index contributed by atoms with van der Waals surface area (Å²) >= 11 is 3.50. The van der Waals surface area contributed by atoms with E-state index >= 15 is 0 Å². The lowest BCUT2D eigenvalue weighted by molar-refractivity contribution is -0.763. The zero-order valence-corrected chi connectivity index (χ0v) is 22.7. The van der Waals surface area contributed by atoms with E-state index in [1.54, 1.807) is 35.9 Å². The number of carbonyl (C=O) groups excluding carboxylic acids is 1. The standard InChI is InChI=1S/C26H21IN4O4S/c1-34-20-14-16(13-18(27)22(20)35-2)24-30(25(33)15-9-5-4-6-10-15)19-12-8-7-11-17(19)21-23(32)28-26(36-3)29-31(21)24/h4-14,24H,1-3H3/p+1/t24-/m0/s1. The van der Waals surface area contributed by atoms with Gasteiger partial charge in [-0.05, 0) is 69.9 Å². The van der Waals surface area contributed by atoms with E-state index in [9.17, 15) is 9.59 Å². The van der Waals surface area contributed by atoms with Crippen LogP contribution in [0.2, 0.25) is 0 Å². The Morgan fingerprint density at radius 2 is 1.81 bits per heavy atom. The van der Waals surface area contributed by atoms with E-state index in [4.69, 9.17) is 14.6 Å². The van der Waals surface area contributed by atoms with Crippen molar-refractivity contribution in [3.05, 3.63) is 91.8 Å². The van der Waals surface area contributed by atoms with Gasteiger partial charge in [0, 0.05) is 10.7 Å².